The SMILES string of the molecule is COc1ccc2c(O[C@@H]3C[C@H]4C(=O)C[C@]5(C(=O)NS(=O)(=O)C6(C)CC6)C[C@H]5/C=C\CCCCC[C@H](NC(=O)OC(C)(C)C)C(=O)N4C3)cc(OC(C)C)nc2c1C. The fourth-order valence-electron chi connectivity index (χ4n) is 7.89. The van der Waals surface area contributed by atoms with Gasteiger partial charge in [0, 0.05) is 29.9 Å². The maximum absolute atomic E-state index is 14.7. The Morgan fingerprint density at radius 2 is 1.81 bits per heavy atom. The number of nitrogens with one attached hydrogen (secondary N) is 2. The molecule has 2 aliphatic carbocycles. The third-order valence-corrected chi connectivity index (χ3v) is 13.7. The van der Waals surface area contributed by atoms with Crippen LogP contribution < -0.4 is 24.2 Å². The van der Waals surface area contributed by atoms with Crippen LogP contribution in [0.15, 0.2) is 30.4 Å². The Kier molecular flexibility index (Phi) is 11.9. The van der Waals surface area contributed by atoms with E-state index in [2.05, 4.69) is 10.0 Å². The first-order valence-corrected chi connectivity index (χ1v) is 21.6. The Hall–Kier alpha value is -4.40. The molecule has 2 aliphatic heterocycles. The largest absolute Gasteiger partial charge is 0.496 e. The lowest BCUT2D eigenvalue weighted by Crippen LogP contribution is -2.53. The summed E-state index contributed by atoms with van der Waals surface area (Å²) in [6.45, 7) is 12.5. The minimum Gasteiger partial charge on any atom is -0.496 e. The van der Waals surface area contributed by atoms with Gasteiger partial charge in [0.2, 0.25) is 27.7 Å². The standard InChI is InChI=1S/C42H58N4O10S/c1-25(2)54-35-21-34(29-16-17-33(53-8)26(3)36(29)44-35)55-28-20-31-32(47)23-42(38(49)45-57(51,52)41(7)18-19-41)22-27(42)14-12-10-9-11-13-15-30(37(48)46(31)24-28)43-39(50)56-40(4,5)6/h12,14,16-17,21,25,27-28,30-31H,9-11,13,15,18-20,22-24H2,1-8H3,(H,43,50)(H,45,49)/b14-12-/t27-,28-,30+,31+,42-/m1/s1. The number of allylic oxidation sites excluding steroid dienone is 2. The zero-order chi connectivity index (χ0) is 41.5. The number of nitrogens with zero attached hydrogens (tertiary/aromatic N) is 2. The monoisotopic (exact) mass is 810 g/mol. The lowest BCUT2D eigenvalue weighted by atomic mass is 9.91. The summed E-state index contributed by atoms with van der Waals surface area (Å²) in [5.74, 6) is -0.457. The number of hydrogen-bond acceptors (Lipinski definition) is 11. The molecule has 0 spiro atoms. The summed E-state index contributed by atoms with van der Waals surface area (Å²) in [6.07, 6.45) is 6.58. The first-order valence-electron chi connectivity index (χ1n) is 20.1. The molecule has 3 heterocycles. The molecule has 1 saturated heterocycles. The molecule has 5 atom stereocenters. The van der Waals surface area contributed by atoms with E-state index in [4.69, 9.17) is 23.9 Å². The maximum Gasteiger partial charge on any atom is 0.408 e. The molecule has 6 rings (SSSR count). The van der Waals surface area contributed by atoms with Crippen molar-refractivity contribution in [3.05, 3.63) is 35.9 Å². The van der Waals surface area contributed by atoms with E-state index in [0.29, 0.717) is 66.8 Å². The number of carbonyl (C=O) groups excluding carboxylic acids is 4. The van der Waals surface area contributed by atoms with E-state index in [9.17, 15) is 27.6 Å². The second kappa shape index (κ2) is 16.1. The molecule has 4 aliphatic rings. The Morgan fingerprint density at radius 3 is 2.47 bits per heavy atom. The van der Waals surface area contributed by atoms with Crippen LogP contribution in [0.25, 0.3) is 10.9 Å². The van der Waals surface area contributed by atoms with Crippen molar-refractivity contribution in [1.82, 2.24) is 19.9 Å². The summed E-state index contributed by atoms with van der Waals surface area (Å²) in [4.78, 5) is 62.6. The Bertz CT molecular complexity index is 2040. The van der Waals surface area contributed by atoms with E-state index >= 15 is 0 Å². The van der Waals surface area contributed by atoms with Gasteiger partial charge in [0.1, 0.15) is 29.2 Å². The average molecular weight is 811 g/mol. The van der Waals surface area contributed by atoms with Gasteiger partial charge in [-0.2, -0.15) is 0 Å². The first-order chi connectivity index (χ1) is 26.8. The quantitative estimate of drug-likeness (QED) is 0.281. The molecule has 57 heavy (non-hydrogen) atoms. The predicted octanol–water partition coefficient (Wildman–Crippen LogP) is 6.06. The number of carbonyl (C=O) groups is 4. The summed E-state index contributed by atoms with van der Waals surface area (Å²) in [6, 6.07) is 3.34. The van der Waals surface area contributed by atoms with Crippen LogP contribution in [0, 0.1) is 18.3 Å². The molecule has 312 valence electrons. The van der Waals surface area contributed by atoms with E-state index < -0.39 is 61.9 Å². The van der Waals surface area contributed by atoms with Crippen LogP contribution in [0.2, 0.25) is 0 Å². The maximum atomic E-state index is 14.7. The van der Waals surface area contributed by atoms with Gasteiger partial charge in [-0.3, -0.25) is 19.1 Å². The molecule has 14 nitrogen and oxygen atoms in total. The summed E-state index contributed by atoms with van der Waals surface area (Å²) in [5.41, 5.74) is -0.698. The van der Waals surface area contributed by atoms with Gasteiger partial charge in [-0.25, -0.2) is 18.2 Å². The molecule has 2 saturated carbocycles. The van der Waals surface area contributed by atoms with Gasteiger partial charge in [0.05, 0.1) is 41.5 Å². The normalized spacial score (nSPS) is 27.0. The molecular formula is C42H58N4O10S. The minimum atomic E-state index is -3.96. The highest BCUT2D eigenvalue weighted by molar-refractivity contribution is 7.91. The fraction of sp³-hybridized carbons (Fsp3) is 0.643. The van der Waals surface area contributed by atoms with E-state index in [1.165, 1.54) is 4.90 Å². The minimum absolute atomic E-state index is 0.0102. The van der Waals surface area contributed by atoms with Crippen molar-refractivity contribution in [2.45, 2.75) is 147 Å². The summed E-state index contributed by atoms with van der Waals surface area (Å²) in [5, 5.41) is 3.46. The van der Waals surface area contributed by atoms with Crippen LogP contribution in [0.1, 0.15) is 111 Å². The van der Waals surface area contributed by atoms with E-state index in [-0.39, 0.29) is 37.2 Å². The zero-order valence-corrected chi connectivity index (χ0v) is 35.3. The van der Waals surface area contributed by atoms with Gasteiger partial charge in [-0.1, -0.05) is 25.0 Å². The number of ketones is 1. The zero-order valence-electron chi connectivity index (χ0n) is 34.4. The number of hydrogen-bond donors (Lipinski definition) is 2. The molecule has 1 aromatic carbocycles. The fourth-order valence-corrected chi connectivity index (χ4v) is 9.23. The number of aryl methyl sites for hydroxylation is 1. The molecule has 0 radical (unpaired) electrons. The topological polar surface area (TPSA) is 180 Å². The van der Waals surface area contributed by atoms with E-state index in [0.717, 1.165) is 18.4 Å². The lowest BCUT2D eigenvalue weighted by molar-refractivity contribution is -0.140. The number of ether oxygens (including phenoxy) is 4. The van der Waals surface area contributed by atoms with Crippen LogP contribution in [0.5, 0.6) is 17.4 Å². The highest BCUT2D eigenvalue weighted by Gasteiger charge is 2.62. The second-order valence-corrected chi connectivity index (χ2v) is 19.9. The van der Waals surface area contributed by atoms with Crippen molar-refractivity contribution in [1.29, 1.82) is 0 Å². The van der Waals surface area contributed by atoms with Crippen molar-refractivity contribution in [3.8, 4) is 17.4 Å². The third kappa shape index (κ3) is 9.34. The number of methoxy groups -OCH3 is 1. The molecule has 2 N–H and O–H groups in total. The molecule has 0 bridgehead atoms. The number of alkyl carbamates (subject to hydrolysis) is 1. The number of pyridine rings is 1. The van der Waals surface area contributed by atoms with Crippen molar-refractivity contribution >= 4 is 44.6 Å². The second-order valence-electron chi connectivity index (χ2n) is 17.7. The van der Waals surface area contributed by atoms with E-state index in [1.807, 2.05) is 45.1 Å². The van der Waals surface area contributed by atoms with Gasteiger partial charge in [0.25, 0.3) is 0 Å². The van der Waals surface area contributed by atoms with Crippen molar-refractivity contribution < 1.29 is 46.5 Å². The van der Waals surface area contributed by atoms with Crippen LogP contribution in [0.4, 0.5) is 4.79 Å². The third-order valence-electron chi connectivity index (χ3n) is 11.5. The molecular weight excluding hydrogens is 753 g/mol. The first kappa shape index (κ1) is 42.2. The smallest absolute Gasteiger partial charge is 0.408 e. The number of rotatable bonds is 9. The molecule has 3 fully saturated rings. The van der Waals surface area contributed by atoms with Crippen LogP contribution in [-0.4, -0.2) is 90.3 Å². The van der Waals surface area contributed by atoms with Crippen molar-refractivity contribution in [2.24, 2.45) is 11.3 Å². The summed E-state index contributed by atoms with van der Waals surface area (Å²) < 4.78 is 51.6. The Labute approximate surface area is 335 Å². The molecule has 3 amide bonds. The highest BCUT2D eigenvalue weighted by Crippen LogP contribution is 2.57. The van der Waals surface area contributed by atoms with Crippen LogP contribution in [0.3, 0.4) is 0 Å². The van der Waals surface area contributed by atoms with Gasteiger partial charge >= 0.3 is 6.09 Å². The van der Waals surface area contributed by atoms with E-state index in [1.54, 1.807) is 40.9 Å². The van der Waals surface area contributed by atoms with Gasteiger partial charge < -0.3 is 29.2 Å². The van der Waals surface area contributed by atoms with Crippen LogP contribution in [-0.2, 0) is 29.1 Å². The van der Waals surface area contributed by atoms with Crippen molar-refractivity contribution in [2.75, 3.05) is 13.7 Å². The summed E-state index contributed by atoms with van der Waals surface area (Å²) in [7, 11) is -2.38. The average Bonchev–Trinajstić information content (AvgIpc) is 3.99. The van der Waals surface area contributed by atoms with Gasteiger partial charge in [-0.15, -0.1) is 0 Å². The molecule has 1 aromatic heterocycles. The number of fused-ring (bicyclic) bond motifs is 3. The number of benzene rings is 1. The molecule has 2 aromatic rings. The Morgan fingerprint density at radius 1 is 1.07 bits per heavy atom. The van der Waals surface area contributed by atoms with Gasteiger partial charge in [-0.05, 0) is 105 Å². The number of sulfonamides is 1. The number of amides is 3. The van der Waals surface area contributed by atoms with Gasteiger partial charge in [0.15, 0.2) is 5.78 Å². The predicted molar refractivity (Wildman–Crippen MR) is 214 cm³/mol. The highest BCUT2D eigenvalue weighted by atomic mass is 32.2. The Balaban J connectivity index is 1.35. The number of aromatic nitrogens is 1. The summed E-state index contributed by atoms with van der Waals surface area (Å²) >= 11 is 0. The number of Topliss-reactive ketones (excluding diaryl/α,β-unsaturated/α-hetero) is 1. The van der Waals surface area contributed by atoms with Crippen LogP contribution >= 0.6 is 0 Å². The molecule has 0 unspecified atom stereocenters. The molecule has 15 heteroatoms. The lowest BCUT2D eigenvalue weighted by Gasteiger charge is -2.30. The van der Waals surface area contributed by atoms with Crippen molar-refractivity contribution in [3.63, 3.8) is 0 Å².